The Bertz CT molecular complexity index is 1290. The molecule has 1 aliphatic heterocycles. The van der Waals surface area contributed by atoms with Crippen LogP contribution in [0.15, 0.2) is 83.5 Å². The van der Waals surface area contributed by atoms with Crippen molar-refractivity contribution in [2.45, 2.75) is 6.92 Å². The van der Waals surface area contributed by atoms with Crippen LogP contribution < -0.4 is 4.74 Å². The quantitative estimate of drug-likeness (QED) is 0.195. The number of ether oxygens (including phenoxy) is 2. The van der Waals surface area contributed by atoms with Crippen molar-refractivity contribution in [3.63, 3.8) is 0 Å². The summed E-state index contributed by atoms with van der Waals surface area (Å²) < 4.78 is 10.6. The van der Waals surface area contributed by atoms with Gasteiger partial charge in [0.05, 0.1) is 10.5 Å². The van der Waals surface area contributed by atoms with Crippen molar-refractivity contribution in [2.75, 3.05) is 0 Å². The largest absolute Gasteiger partial charge is 0.423 e. The lowest BCUT2D eigenvalue weighted by Crippen LogP contribution is -2.08. The van der Waals surface area contributed by atoms with Crippen molar-refractivity contribution >= 4 is 29.6 Å². The molecule has 0 saturated heterocycles. The Balaban J connectivity index is 1.54. The number of hydrogen-bond acceptors (Lipinski definition) is 7. The fraction of sp³-hybridized carbons (Fsp3) is 0.0417. The van der Waals surface area contributed by atoms with E-state index in [9.17, 15) is 19.7 Å². The molecule has 0 spiro atoms. The van der Waals surface area contributed by atoms with E-state index in [1.165, 1.54) is 24.3 Å². The van der Waals surface area contributed by atoms with Gasteiger partial charge >= 0.3 is 11.9 Å². The highest BCUT2D eigenvalue weighted by molar-refractivity contribution is 6.12. The predicted octanol–water partition coefficient (Wildman–Crippen LogP) is 4.47. The van der Waals surface area contributed by atoms with Crippen LogP contribution in [0.5, 0.6) is 5.75 Å². The third-order valence-electron chi connectivity index (χ3n) is 4.58. The number of esters is 2. The molecule has 0 radical (unpaired) electrons. The smallest absolute Gasteiger partial charge is 0.363 e. The van der Waals surface area contributed by atoms with E-state index in [-0.39, 0.29) is 28.6 Å². The zero-order chi connectivity index (χ0) is 22.7. The van der Waals surface area contributed by atoms with E-state index in [0.717, 1.165) is 11.6 Å². The van der Waals surface area contributed by atoms with Crippen LogP contribution in [0.25, 0.3) is 6.08 Å². The van der Waals surface area contributed by atoms with Crippen molar-refractivity contribution < 1.29 is 24.0 Å². The second-order valence-electron chi connectivity index (χ2n) is 6.97. The molecular weight excluding hydrogens is 412 g/mol. The number of hydrogen-bond donors (Lipinski definition) is 0. The minimum absolute atomic E-state index is 0.0506. The molecule has 1 heterocycles. The SMILES string of the molecule is Cc1ccc(C2=NC(=Cc3cccc(OC(=O)c4cccc([N+](=O)[O-])c4)c3)C(=O)O2)cc1. The molecule has 0 amide bonds. The van der Waals surface area contributed by atoms with E-state index in [1.54, 1.807) is 24.3 Å². The number of nitro benzene ring substituents is 1. The zero-order valence-electron chi connectivity index (χ0n) is 16.8. The van der Waals surface area contributed by atoms with Gasteiger partial charge in [-0.15, -0.1) is 0 Å². The molecular formula is C24H16N2O6. The molecule has 8 nitrogen and oxygen atoms in total. The van der Waals surface area contributed by atoms with Gasteiger partial charge in [0.1, 0.15) is 5.75 Å². The first-order chi connectivity index (χ1) is 15.4. The summed E-state index contributed by atoms with van der Waals surface area (Å²) in [5, 5.41) is 10.9. The van der Waals surface area contributed by atoms with Crippen molar-refractivity contribution in [3.05, 3.63) is 111 Å². The highest BCUT2D eigenvalue weighted by Crippen LogP contribution is 2.22. The van der Waals surface area contributed by atoms with E-state index in [1.807, 2.05) is 31.2 Å². The Hall–Kier alpha value is -4.59. The predicted molar refractivity (Wildman–Crippen MR) is 116 cm³/mol. The summed E-state index contributed by atoms with van der Waals surface area (Å²) in [6.45, 7) is 1.95. The fourth-order valence-corrected chi connectivity index (χ4v) is 2.97. The third kappa shape index (κ3) is 4.59. The van der Waals surface area contributed by atoms with Crippen molar-refractivity contribution in [3.8, 4) is 5.75 Å². The molecule has 0 aromatic heterocycles. The first kappa shape index (κ1) is 20.7. The number of rotatable bonds is 5. The van der Waals surface area contributed by atoms with Gasteiger partial charge in [-0.3, -0.25) is 10.1 Å². The summed E-state index contributed by atoms with van der Waals surface area (Å²) in [5.74, 6) is -0.891. The van der Waals surface area contributed by atoms with Crippen LogP contribution in [0, 0.1) is 17.0 Å². The lowest BCUT2D eigenvalue weighted by molar-refractivity contribution is -0.384. The highest BCUT2D eigenvalue weighted by atomic mass is 16.6. The monoisotopic (exact) mass is 428 g/mol. The summed E-state index contributed by atoms with van der Waals surface area (Å²) in [6.07, 6.45) is 1.52. The maximum absolute atomic E-state index is 12.4. The normalized spacial score (nSPS) is 14.1. The van der Waals surface area contributed by atoms with E-state index < -0.39 is 16.9 Å². The molecule has 3 aromatic carbocycles. The Morgan fingerprint density at radius 3 is 2.56 bits per heavy atom. The van der Waals surface area contributed by atoms with Crippen LogP contribution >= 0.6 is 0 Å². The van der Waals surface area contributed by atoms with Gasteiger partial charge in [0.2, 0.25) is 5.90 Å². The summed E-state index contributed by atoms with van der Waals surface area (Å²) in [7, 11) is 0. The number of nitrogens with zero attached hydrogens (tertiary/aromatic N) is 2. The Kier molecular flexibility index (Phi) is 5.59. The summed E-state index contributed by atoms with van der Waals surface area (Å²) >= 11 is 0. The molecule has 0 atom stereocenters. The first-order valence-corrected chi connectivity index (χ1v) is 9.55. The maximum atomic E-state index is 12.4. The number of carbonyl (C=O) groups excluding carboxylic acids is 2. The Morgan fingerprint density at radius 2 is 1.81 bits per heavy atom. The van der Waals surface area contributed by atoms with Crippen LogP contribution in [-0.4, -0.2) is 22.8 Å². The van der Waals surface area contributed by atoms with Gasteiger partial charge in [-0.05, 0) is 48.9 Å². The maximum Gasteiger partial charge on any atom is 0.363 e. The molecule has 4 rings (SSSR count). The van der Waals surface area contributed by atoms with Gasteiger partial charge in [0.25, 0.3) is 5.69 Å². The average molecular weight is 428 g/mol. The van der Waals surface area contributed by atoms with Crippen molar-refractivity contribution in [1.82, 2.24) is 0 Å². The molecule has 0 unspecified atom stereocenters. The second-order valence-corrected chi connectivity index (χ2v) is 6.97. The average Bonchev–Trinajstić information content (AvgIpc) is 3.14. The van der Waals surface area contributed by atoms with E-state index >= 15 is 0 Å². The number of aliphatic imine (C=N–C) groups is 1. The molecule has 0 N–H and O–H groups in total. The highest BCUT2D eigenvalue weighted by Gasteiger charge is 2.24. The minimum atomic E-state index is -0.738. The molecule has 3 aromatic rings. The Labute approximate surface area is 182 Å². The lowest BCUT2D eigenvalue weighted by Gasteiger charge is -2.05. The van der Waals surface area contributed by atoms with Gasteiger partial charge in [-0.25, -0.2) is 14.6 Å². The van der Waals surface area contributed by atoms with Crippen LogP contribution in [0.4, 0.5) is 5.69 Å². The van der Waals surface area contributed by atoms with Gasteiger partial charge in [-0.2, -0.15) is 0 Å². The molecule has 0 saturated carbocycles. The topological polar surface area (TPSA) is 108 Å². The summed E-state index contributed by atoms with van der Waals surface area (Å²) in [6, 6.07) is 19.2. The van der Waals surface area contributed by atoms with Gasteiger partial charge in [0.15, 0.2) is 5.70 Å². The van der Waals surface area contributed by atoms with Crippen LogP contribution in [0.1, 0.15) is 27.0 Å². The number of aryl methyl sites for hydroxylation is 1. The molecule has 32 heavy (non-hydrogen) atoms. The van der Waals surface area contributed by atoms with Crippen molar-refractivity contribution in [2.24, 2.45) is 4.99 Å². The minimum Gasteiger partial charge on any atom is -0.423 e. The zero-order valence-corrected chi connectivity index (χ0v) is 16.8. The molecule has 8 heteroatoms. The van der Waals surface area contributed by atoms with E-state index in [0.29, 0.717) is 11.1 Å². The van der Waals surface area contributed by atoms with Gasteiger partial charge < -0.3 is 9.47 Å². The van der Waals surface area contributed by atoms with Crippen LogP contribution in [-0.2, 0) is 9.53 Å². The van der Waals surface area contributed by atoms with Crippen LogP contribution in [0.2, 0.25) is 0 Å². The fourth-order valence-electron chi connectivity index (χ4n) is 2.97. The lowest BCUT2D eigenvalue weighted by atomic mass is 10.1. The molecule has 0 aliphatic carbocycles. The third-order valence-corrected chi connectivity index (χ3v) is 4.58. The number of non-ortho nitro benzene ring substituents is 1. The summed E-state index contributed by atoms with van der Waals surface area (Å²) in [5.41, 5.74) is 2.28. The van der Waals surface area contributed by atoms with Gasteiger partial charge in [0, 0.05) is 17.7 Å². The first-order valence-electron chi connectivity index (χ1n) is 9.55. The number of cyclic esters (lactones) is 1. The molecule has 1 aliphatic rings. The number of carbonyl (C=O) groups is 2. The second kappa shape index (κ2) is 8.65. The van der Waals surface area contributed by atoms with Crippen molar-refractivity contribution in [1.29, 1.82) is 0 Å². The number of benzene rings is 3. The standard InChI is InChI=1S/C24H16N2O6/c1-15-8-10-17(11-9-15)22-25-21(24(28)32-22)13-16-4-2-7-20(12-16)31-23(27)18-5-3-6-19(14-18)26(29)30/h2-14H,1H3. The van der Waals surface area contributed by atoms with Gasteiger partial charge in [-0.1, -0.05) is 35.9 Å². The molecule has 0 fully saturated rings. The Morgan fingerprint density at radius 1 is 1.06 bits per heavy atom. The van der Waals surface area contributed by atoms with Crippen LogP contribution in [0.3, 0.4) is 0 Å². The molecule has 158 valence electrons. The van der Waals surface area contributed by atoms with E-state index in [4.69, 9.17) is 9.47 Å². The molecule has 0 bridgehead atoms. The van der Waals surface area contributed by atoms with E-state index in [2.05, 4.69) is 4.99 Å². The summed E-state index contributed by atoms with van der Waals surface area (Å²) in [4.78, 5) is 39.2. The number of nitro groups is 1.